The minimum absolute atomic E-state index is 0. The fourth-order valence-electron chi connectivity index (χ4n) is 0. The Balaban J connectivity index is -0.00000000500. The van der Waals surface area contributed by atoms with Crippen LogP contribution >= 0.6 is 0 Å². The smallest absolute Gasteiger partial charge is 0.0319 e. The Hall–Kier alpha value is 1.00. The Bertz CT molecular complexity index is 25.1. The van der Waals surface area contributed by atoms with Gasteiger partial charge in [-0.1, -0.05) is 0 Å². The molecule has 0 saturated carbocycles. The van der Waals surface area contributed by atoms with Crippen molar-refractivity contribution >= 4 is 0 Å². The van der Waals surface area contributed by atoms with E-state index < -0.39 is 0 Å². The Labute approximate surface area is 138 Å². The molecule has 0 aromatic heterocycles. The van der Waals surface area contributed by atoms with Gasteiger partial charge in [-0.15, -0.1) is 0 Å². The average Bonchev–Trinajstić information content (AvgIpc) is 2.54. The average molecular weight is 629 g/mol. The SMILES string of the molecule is CO.CO.CO.CO.CO.CO.CO.CO.[Re].[Re]. The summed E-state index contributed by atoms with van der Waals surface area (Å²) in [5.41, 5.74) is 0. The molecular formula is C8H32O8Re2. The van der Waals surface area contributed by atoms with Crippen LogP contribution in [-0.4, -0.2) is 97.7 Å². The normalized spacial score (nSPS) is 2.67. The molecule has 10 heteroatoms. The molecule has 0 aliphatic rings. The van der Waals surface area contributed by atoms with E-state index in [0.717, 1.165) is 56.9 Å². The number of hydrogen-bond acceptors (Lipinski definition) is 8. The molecule has 0 unspecified atom stereocenters. The molecule has 0 aliphatic carbocycles. The van der Waals surface area contributed by atoms with Crippen molar-refractivity contribution in [2.24, 2.45) is 0 Å². The first-order valence-corrected chi connectivity index (χ1v) is 3.58. The zero-order valence-electron chi connectivity index (χ0n) is 12.3. The van der Waals surface area contributed by atoms with E-state index in [1.54, 1.807) is 0 Å². The zero-order chi connectivity index (χ0) is 16.0. The molecule has 0 fully saturated rings. The maximum atomic E-state index is 7.00. The number of aliphatic hydroxyl groups is 8. The second-order valence-corrected chi connectivity index (χ2v) is 0. The quantitative estimate of drug-likeness (QED) is 0.140. The van der Waals surface area contributed by atoms with Crippen molar-refractivity contribution in [1.82, 2.24) is 0 Å². The van der Waals surface area contributed by atoms with E-state index >= 15 is 0 Å². The summed E-state index contributed by atoms with van der Waals surface area (Å²) >= 11 is 0. The molecule has 0 atom stereocenters. The van der Waals surface area contributed by atoms with E-state index in [2.05, 4.69) is 0 Å². The van der Waals surface area contributed by atoms with Gasteiger partial charge < -0.3 is 40.9 Å². The molecule has 18 heavy (non-hydrogen) atoms. The maximum absolute atomic E-state index is 7.00. The van der Waals surface area contributed by atoms with E-state index in [-0.39, 0.29) is 40.8 Å². The minimum atomic E-state index is 0. The van der Waals surface area contributed by atoms with Crippen molar-refractivity contribution in [3.8, 4) is 0 Å². The van der Waals surface area contributed by atoms with E-state index in [1.807, 2.05) is 0 Å². The van der Waals surface area contributed by atoms with Crippen LogP contribution in [0.5, 0.6) is 0 Å². The molecule has 0 aliphatic heterocycles. The molecule has 8 N–H and O–H groups in total. The fourth-order valence-corrected chi connectivity index (χ4v) is 0. The van der Waals surface area contributed by atoms with Gasteiger partial charge in [0.2, 0.25) is 0 Å². The standard InChI is InChI=1S/8CH4O.2Re/c8*1-2;;/h8*2H,1H3;;. The summed E-state index contributed by atoms with van der Waals surface area (Å²) < 4.78 is 0. The predicted molar refractivity (Wildman–Crippen MR) is 65.1 cm³/mol. The third-order valence-electron chi connectivity index (χ3n) is 0. The molecule has 0 rings (SSSR count). The van der Waals surface area contributed by atoms with Crippen LogP contribution in [-0.2, 0) is 40.8 Å². The van der Waals surface area contributed by atoms with Gasteiger partial charge >= 0.3 is 0 Å². The first-order valence-electron chi connectivity index (χ1n) is 3.58. The third-order valence-corrected chi connectivity index (χ3v) is 0. The van der Waals surface area contributed by atoms with Crippen molar-refractivity contribution < 1.29 is 81.7 Å². The monoisotopic (exact) mass is 630 g/mol. The zero-order valence-corrected chi connectivity index (χ0v) is 17.8. The van der Waals surface area contributed by atoms with Gasteiger partial charge in [0.1, 0.15) is 0 Å². The van der Waals surface area contributed by atoms with Crippen molar-refractivity contribution in [3.05, 3.63) is 0 Å². The minimum Gasteiger partial charge on any atom is -0.400 e. The second kappa shape index (κ2) is 5160. The van der Waals surface area contributed by atoms with E-state index in [4.69, 9.17) is 40.9 Å². The molecular weight excluding hydrogens is 596 g/mol. The molecule has 0 aromatic rings. The number of aliphatic hydroxyl groups excluding tert-OH is 8. The number of hydrogen-bond donors (Lipinski definition) is 8. The van der Waals surface area contributed by atoms with Gasteiger partial charge in [-0.05, 0) is 0 Å². The van der Waals surface area contributed by atoms with Crippen LogP contribution in [0.4, 0.5) is 0 Å². The summed E-state index contributed by atoms with van der Waals surface area (Å²) in [4.78, 5) is 0. The fraction of sp³-hybridized carbons (Fsp3) is 1.00. The van der Waals surface area contributed by atoms with Crippen LogP contribution in [0.3, 0.4) is 0 Å². The van der Waals surface area contributed by atoms with Crippen LogP contribution in [0.2, 0.25) is 0 Å². The van der Waals surface area contributed by atoms with Crippen LogP contribution in [0.15, 0.2) is 0 Å². The summed E-state index contributed by atoms with van der Waals surface area (Å²) in [6, 6.07) is 0. The van der Waals surface area contributed by atoms with Gasteiger partial charge in [0.25, 0.3) is 0 Å². The first-order chi connectivity index (χ1) is 8.00. The van der Waals surface area contributed by atoms with Gasteiger partial charge in [-0.25, -0.2) is 0 Å². The maximum Gasteiger partial charge on any atom is 0.0319 e. The van der Waals surface area contributed by atoms with Crippen molar-refractivity contribution in [2.75, 3.05) is 56.9 Å². The van der Waals surface area contributed by atoms with Gasteiger partial charge in [-0.2, -0.15) is 0 Å². The third kappa shape index (κ3) is 4320. The number of rotatable bonds is 0. The molecule has 0 spiro atoms. The van der Waals surface area contributed by atoms with E-state index in [9.17, 15) is 0 Å². The first kappa shape index (κ1) is 76.0. The molecule has 0 saturated heterocycles. The summed E-state index contributed by atoms with van der Waals surface area (Å²) in [7, 11) is 8.00. The van der Waals surface area contributed by atoms with E-state index in [1.165, 1.54) is 0 Å². The Kier molecular flexibility index (Phi) is 21800. The summed E-state index contributed by atoms with van der Waals surface area (Å²) in [5, 5.41) is 56.0. The predicted octanol–water partition coefficient (Wildman–Crippen LogP) is -3.14. The van der Waals surface area contributed by atoms with Crippen molar-refractivity contribution in [1.29, 1.82) is 0 Å². The molecule has 126 valence electrons. The van der Waals surface area contributed by atoms with Crippen LogP contribution in [0.25, 0.3) is 0 Å². The molecule has 0 heterocycles. The van der Waals surface area contributed by atoms with Crippen LogP contribution in [0.1, 0.15) is 0 Å². The van der Waals surface area contributed by atoms with Crippen LogP contribution < -0.4 is 0 Å². The Morgan fingerprint density at radius 2 is 0.222 bits per heavy atom. The Morgan fingerprint density at radius 3 is 0.222 bits per heavy atom. The molecule has 8 nitrogen and oxygen atoms in total. The molecule has 0 aromatic carbocycles. The summed E-state index contributed by atoms with van der Waals surface area (Å²) in [6.07, 6.45) is 0. The molecule has 0 amide bonds. The van der Waals surface area contributed by atoms with Gasteiger partial charge in [0, 0.05) is 97.7 Å². The van der Waals surface area contributed by atoms with Gasteiger partial charge in [0.15, 0.2) is 0 Å². The second-order valence-electron chi connectivity index (χ2n) is 0. The van der Waals surface area contributed by atoms with Crippen molar-refractivity contribution in [2.45, 2.75) is 0 Å². The summed E-state index contributed by atoms with van der Waals surface area (Å²) in [5.74, 6) is 0. The molecule has 0 bridgehead atoms. The van der Waals surface area contributed by atoms with Gasteiger partial charge in [-0.3, -0.25) is 0 Å². The van der Waals surface area contributed by atoms with Crippen LogP contribution in [0, 0.1) is 0 Å². The molecule has 2 radical (unpaired) electrons. The van der Waals surface area contributed by atoms with Crippen molar-refractivity contribution in [3.63, 3.8) is 0 Å². The Morgan fingerprint density at radius 1 is 0.222 bits per heavy atom. The van der Waals surface area contributed by atoms with E-state index in [0.29, 0.717) is 0 Å². The largest absolute Gasteiger partial charge is 0.400 e. The topological polar surface area (TPSA) is 162 Å². The summed E-state index contributed by atoms with van der Waals surface area (Å²) in [6.45, 7) is 0. The van der Waals surface area contributed by atoms with Gasteiger partial charge in [0.05, 0.1) is 0 Å².